The fourth-order valence-electron chi connectivity index (χ4n) is 3.78. The average Bonchev–Trinajstić information content (AvgIpc) is 2.31. The lowest BCUT2D eigenvalue weighted by Gasteiger charge is -2.61. The Kier molecular flexibility index (Phi) is 5.95. The summed E-state index contributed by atoms with van der Waals surface area (Å²) in [5.41, 5.74) is -0.0449. The van der Waals surface area contributed by atoms with E-state index in [9.17, 15) is 4.79 Å². The number of hydrogen-bond donors (Lipinski definition) is 2. The maximum atomic E-state index is 11.7. The molecule has 0 heterocycles. The SMILES string of the molecule is CCOC1CC(NCCC(C)NC(=O)OC(C)(C)C)C12CCC2. The molecule has 2 N–H and O–H groups in total. The summed E-state index contributed by atoms with van der Waals surface area (Å²) in [6, 6.07) is 0.694. The molecule has 2 fully saturated rings. The minimum Gasteiger partial charge on any atom is -0.444 e. The highest BCUT2D eigenvalue weighted by Crippen LogP contribution is 2.57. The molecule has 0 aromatic carbocycles. The Morgan fingerprint density at radius 3 is 2.57 bits per heavy atom. The molecule has 0 bridgehead atoms. The zero-order valence-corrected chi connectivity index (χ0v) is 15.4. The van der Waals surface area contributed by atoms with E-state index in [-0.39, 0.29) is 12.1 Å². The molecule has 0 aromatic rings. The maximum Gasteiger partial charge on any atom is 0.407 e. The molecule has 134 valence electrons. The van der Waals surface area contributed by atoms with Crippen molar-refractivity contribution >= 4 is 6.09 Å². The Labute approximate surface area is 140 Å². The van der Waals surface area contributed by atoms with Crippen molar-refractivity contribution in [3.05, 3.63) is 0 Å². The normalized spacial score (nSPS) is 27.0. The second-order valence-electron chi connectivity index (χ2n) is 8.11. The summed E-state index contributed by atoms with van der Waals surface area (Å²) < 4.78 is 11.2. The third kappa shape index (κ3) is 4.60. The van der Waals surface area contributed by atoms with Crippen molar-refractivity contribution in [3.63, 3.8) is 0 Å². The standard InChI is InChI=1S/C18H34N2O3/c1-6-22-15-12-14(18(15)9-7-10-18)19-11-8-13(2)20-16(21)23-17(3,4)5/h13-15,19H,6-12H2,1-5H3,(H,20,21). The first kappa shape index (κ1) is 18.5. The molecule has 2 aliphatic carbocycles. The van der Waals surface area contributed by atoms with E-state index < -0.39 is 5.60 Å². The third-order valence-corrected chi connectivity index (χ3v) is 5.17. The van der Waals surface area contributed by atoms with Crippen LogP contribution >= 0.6 is 0 Å². The quantitative estimate of drug-likeness (QED) is 0.754. The lowest BCUT2D eigenvalue weighted by molar-refractivity contribution is -0.172. The van der Waals surface area contributed by atoms with E-state index in [0.29, 0.717) is 17.6 Å². The van der Waals surface area contributed by atoms with E-state index in [4.69, 9.17) is 9.47 Å². The van der Waals surface area contributed by atoms with E-state index >= 15 is 0 Å². The van der Waals surface area contributed by atoms with Gasteiger partial charge in [-0.15, -0.1) is 0 Å². The van der Waals surface area contributed by atoms with Crippen LogP contribution in [0.15, 0.2) is 0 Å². The minimum atomic E-state index is -0.446. The van der Waals surface area contributed by atoms with Gasteiger partial charge in [0.15, 0.2) is 0 Å². The molecule has 5 nitrogen and oxygen atoms in total. The molecule has 0 saturated heterocycles. The van der Waals surface area contributed by atoms with E-state index in [1.165, 1.54) is 19.3 Å². The lowest BCUT2D eigenvalue weighted by Crippen LogP contribution is -2.67. The minimum absolute atomic E-state index is 0.109. The van der Waals surface area contributed by atoms with Gasteiger partial charge in [0, 0.05) is 24.1 Å². The second kappa shape index (κ2) is 7.39. The van der Waals surface area contributed by atoms with Gasteiger partial charge in [0.25, 0.3) is 0 Å². The number of nitrogens with one attached hydrogen (secondary N) is 2. The molecule has 0 radical (unpaired) electrons. The predicted molar refractivity (Wildman–Crippen MR) is 91.6 cm³/mol. The van der Waals surface area contributed by atoms with Gasteiger partial charge >= 0.3 is 6.09 Å². The van der Waals surface area contributed by atoms with Crippen LogP contribution in [0.5, 0.6) is 0 Å². The van der Waals surface area contributed by atoms with Crippen molar-refractivity contribution in [2.24, 2.45) is 5.41 Å². The predicted octanol–water partition coefficient (Wildman–Crippen LogP) is 3.23. The Morgan fingerprint density at radius 2 is 2.04 bits per heavy atom. The van der Waals surface area contributed by atoms with Crippen molar-refractivity contribution in [2.75, 3.05) is 13.2 Å². The van der Waals surface area contributed by atoms with Crippen LogP contribution in [0, 0.1) is 5.41 Å². The van der Waals surface area contributed by atoms with Crippen molar-refractivity contribution in [1.82, 2.24) is 10.6 Å². The Morgan fingerprint density at radius 1 is 1.35 bits per heavy atom. The van der Waals surface area contributed by atoms with Crippen LogP contribution in [-0.2, 0) is 9.47 Å². The second-order valence-corrected chi connectivity index (χ2v) is 8.11. The molecule has 1 amide bonds. The van der Waals surface area contributed by atoms with Crippen molar-refractivity contribution in [3.8, 4) is 0 Å². The number of hydrogen-bond acceptors (Lipinski definition) is 4. The fraction of sp³-hybridized carbons (Fsp3) is 0.944. The average molecular weight is 326 g/mol. The Bertz CT molecular complexity index is 402. The number of carbonyl (C=O) groups excluding carboxylic acids is 1. The Balaban J connectivity index is 1.64. The monoisotopic (exact) mass is 326 g/mol. The zero-order valence-electron chi connectivity index (χ0n) is 15.4. The molecular weight excluding hydrogens is 292 g/mol. The maximum absolute atomic E-state index is 11.7. The first-order chi connectivity index (χ1) is 10.8. The van der Waals surface area contributed by atoms with Crippen LogP contribution in [0.4, 0.5) is 4.79 Å². The number of alkyl carbamates (subject to hydrolysis) is 1. The summed E-state index contributed by atoms with van der Waals surface area (Å²) in [6.07, 6.45) is 6.07. The van der Waals surface area contributed by atoms with Crippen LogP contribution < -0.4 is 10.6 Å². The summed E-state index contributed by atoms with van der Waals surface area (Å²) in [5, 5.41) is 6.58. The Hall–Kier alpha value is -0.810. The summed E-state index contributed by atoms with van der Waals surface area (Å²) in [7, 11) is 0. The lowest BCUT2D eigenvalue weighted by atomic mass is 9.51. The van der Waals surface area contributed by atoms with E-state index in [0.717, 1.165) is 26.0 Å². The van der Waals surface area contributed by atoms with E-state index in [1.807, 2.05) is 27.7 Å². The van der Waals surface area contributed by atoms with Crippen molar-refractivity contribution in [1.29, 1.82) is 0 Å². The largest absolute Gasteiger partial charge is 0.444 e. The van der Waals surface area contributed by atoms with Gasteiger partial charge in [0.05, 0.1) is 6.10 Å². The first-order valence-corrected chi connectivity index (χ1v) is 9.11. The van der Waals surface area contributed by atoms with Gasteiger partial charge in [-0.05, 0) is 66.8 Å². The molecule has 1 spiro atoms. The number of rotatable bonds is 7. The summed E-state index contributed by atoms with van der Waals surface area (Å²) in [4.78, 5) is 11.7. The van der Waals surface area contributed by atoms with Gasteiger partial charge in [-0.3, -0.25) is 0 Å². The van der Waals surface area contributed by atoms with Gasteiger partial charge in [-0.1, -0.05) is 6.42 Å². The third-order valence-electron chi connectivity index (χ3n) is 5.17. The van der Waals surface area contributed by atoms with Gasteiger partial charge in [0.2, 0.25) is 0 Å². The van der Waals surface area contributed by atoms with Crippen LogP contribution in [0.3, 0.4) is 0 Å². The van der Waals surface area contributed by atoms with Crippen LogP contribution in [0.25, 0.3) is 0 Å². The van der Waals surface area contributed by atoms with E-state index in [2.05, 4.69) is 17.6 Å². The van der Waals surface area contributed by atoms with Gasteiger partial charge in [-0.25, -0.2) is 4.79 Å². The molecule has 3 unspecified atom stereocenters. The molecule has 5 heteroatoms. The van der Waals surface area contributed by atoms with Gasteiger partial charge in [0.1, 0.15) is 5.60 Å². The molecule has 23 heavy (non-hydrogen) atoms. The van der Waals surface area contributed by atoms with Crippen molar-refractivity contribution < 1.29 is 14.3 Å². The van der Waals surface area contributed by atoms with E-state index in [1.54, 1.807) is 0 Å². The molecule has 0 aromatic heterocycles. The molecule has 2 aliphatic rings. The zero-order chi connectivity index (χ0) is 17.1. The number of ether oxygens (including phenoxy) is 2. The highest BCUT2D eigenvalue weighted by atomic mass is 16.6. The number of amides is 1. The van der Waals surface area contributed by atoms with Crippen LogP contribution in [0.2, 0.25) is 0 Å². The molecule has 2 rings (SSSR count). The molecule has 3 atom stereocenters. The highest BCUT2D eigenvalue weighted by molar-refractivity contribution is 5.67. The summed E-state index contributed by atoms with van der Waals surface area (Å²) in [5.74, 6) is 0. The topological polar surface area (TPSA) is 59.6 Å². The number of carbonyl (C=O) groups is 1. The summed E-state index contributed by atoms with van der Waals surface area (Å²) in [6.45, 7) is 11.5. The summed E-state index contributed by atoms with van der Waals surface area (Å²) >= 11 is 0. The highest BCUT2D eigenvalue weighted by Gasteiger charge is 2.58. The molecule has 2 saturated carbocycles. The van der Waals surface area contributed by atoms with Crippen LogP contribution in [-0.4, -0.2) is 43.0 Å². The molecular formula is C18H34N2O3. The van der Waals surface area contributed by atoms with Crippen LogP contribution in [0.1, 0.15) is 66.7 Å². The molecule has 0 aliphatic heterocycles. The van der Waals surface area contributed by atoms with Gasteiger partial charge in [-0.2, -0.15) is 0 Å². The van der Waals surface area contributed by atoms with Gasteiger partial charge < -0.3 is 20.1 Å². The van der Waals surface area contributed by atoms with Crippen molar-refractivity contribution in [2.45, 2.75) is 90.5 Å². The smallest absolute Gasteiger partial charge is 0.407 e. The first-order valence-electron chi connectivity index (χ1n) is 9.11. The fourth-order valence-corrected chi connectivity index (χ4v) is 3.78.